The minimum Gasteiger partial charge on any atom is -0.453 e. The largest absolute Gasteiger partial charge is 0.453 e. The number of anilines is 1. The van der Waals surface area contributed by atoms with E-state index < -0.39 is 0 Å². The second-order valence-corrected chi connectivity index (χ2v) is 4.94. The van der Waals surface area contributed by atoms with Crippen LogP contribution in [-0.2, 0) is 4.79 Å². The van der Waals surface area contributed by atoms with E-state index in [1.165, 1.54) is 0 Å². The van der Waals surface area contributed by atoms with Gasteiger partial charge in [0.05, 0.1) is 6.07 Å². The van der Waals surface area contributed by atoms with Crippen molar-refractivity contribution in [2.75, 3.05) is 5.32 Å². The summed E-state index contributed by atoms with van der Waals surface area (Å²) in [7, 11) is 0. The van der Waals surface area contributed by atoms with Crippen molar-refractivity contribution in [2.45, 2.75) is 6.42 Å². The van der Waals surface area contributed by atoms with Crippen LogP contribution < -0.4 is 5.32 Å². The van der Waals surface area contributed by atoms with Crippen LogP contribution in [0.25, 0.3) is 11.0 Å². The van der Waals surface area contributed by atoms with Crippen LogP contribution in [0.1, 0.15) is 22.5 Å². The number of rotatable bonds is 4. The summed E-state index contributed by atoms with van der Waals surface area (Å²) >= 11 is 0. The number of benzene rings is 2. The molecule has 23 heavy (non-hydrogen) atoms. The molecular weight excluding hydrogens is 292 g/mol. The van der Waals surface area contributed by atoms with E-state index in [9.17, 15) is 9.59 Å². The van der Waals surface area contributed by atoms with Crippen molar-refractivity contribution in [2.24, 2.45) is 0 Å². The highest BCUT2D eigenvalue weighted by atomic mass is 16.3. The second-order valence-electron chi connectivity index (χ2n) is 4.94. The predicted molar refractivity (Wildman–Crippen MR) is 84.9 cm³/mol. The van der Waals surface area contributed by atoms with E-state index in [4.69, 9.17) is 9.68 Å². The Bertz CT molecular complexity index is 884. The molecule has 1 amide bonds. The van der Waals surface area contributed by atoms with Crippen LogP contribution in [0.2, 0.25) is 0 Å². The minimum atomic E-state index is -0.385. The number of para-hydroxylation sites is 1. The van der Waals surface area contributed by atoms with E-state index in [1.807, 2.05) is 18.2 Å². The molecular formula is C18H12N2O3. The Morgan fingerprint density at radius 1 is 1.09 bits per heavy atom. The molecule has 1 aromatic heterocycles. The maximum Gasteiger partial charge on any atom is 0.238 e. The molecule has 0 bridgehead atoms. The van der Waals surface area contributed by atoms with Gasteiger partial charge in [-0.15, -0.1) is 0 Å². The highest BCUT2D eigenvalue weighted by molar-refractivity contribution is 6.09. The summed E-state index contributed by atoms with van der Waals surface area (Å²) in [5.41, 5.74) is 1.66. The Hall–Kier alpha value is -3.39. The van der Waals surface area contributed by atoms with Gasteiger partial charge < -0.3 is 9.73 Å². The van der Waals surface area contributed by atoms with E-state index in [2.05, 4.69) is 5.32 Å². The number of nitriles is 1. The highest BCUT2D eigenvalue weighted by Gasteiger charge is 2.14. The molecule has 0 atom stereocenters. The van der Waals surface area contributed by atoms with Gasteiger partial charge in [0.1, 0.15) is 12.0 Å². The van der Waals surface area contributed by atoms with Crippen LogP contribution in [0.3, 0.4) is 0 Å². The van der Waals surface area contributed by atoms with E-state index in [-0.39, 0.29) is 23.9 Å². The Balaban J connectivity index is 1.80. The Morgan fingerprint density at radius 3 is 2.52 bits per heavy atom. The molecule has 2 aromatic carbocycles. The lowest BCUT2D eigenvalue weighted by Gasteiger charge is -2.03. The van der Waals surface area contributed by atoms with Gasteiger partial charge >= 0.3 is 0 Å². The average Bonchev–Trinajstić information content (AvgIpc) is 2.99. The fourth-order valence-corrected chi connectivity index (χ4v) is 2.22. The van der Waals surface area contributed by atoms with Crippen molar-refractivity contribution in [1.29, 1.82) is 5.26 Å². The summed E-state index contributed by atoms with van der Waals surface area (Å²) in [6.07, 6.45) is -0.209. The molecule has 5 heteroatoms. The monoisotopic (exact) mass is 304 g/mol. The lowest BCUT2D eigenvalue weighted by atomic mass is 10.1. The standard InChI is InChI=1S/C18H12N2O3/c19-10-9-17(21)20-14-7-5-12(6-8-14)18(22)16-11-13-3-1-2-4-15(13)23-16/h1-8,11H,9H2,(H,20,21). The van der Waals surface area contributed by atoms with Crippen LogP contribution >= 0.6 is 0 Å². The molecule has 0 saturated heterocycles. The first kappa shape index (κ1) is 14.5. The van der Waals surface area contributed by atoms with Gasteiger partial charge in [-0.05, 0) is 36.4 Å². The second kappa shape index (κ2) is 6.16. The normalized spacial score (nSPS) is 10.2. The Kier molecular flexibility index (Phi) is 3.89. The van der Waals surface area contributed by atoms with Gasteiger partial charge in [-0.2, -0.15) is 5.26 Å². The highest BCUT2D eigenvalue weighted by Crippen LogP contribution is 2.22. The number of furan rings is 1. The summed E-state index contributed by atoms with van der Waals surface area (Å²) in [6.45, 7) is 0. The number of amides is 1. The molecule has 3 rings (SSSR count). The van der Waals surface area contributed by atoms with Gasteiger partial charge in [0, 0.05) is 16.6 Å². The summed E-state index contributed by atoms with van der Waals surface area (Å²) < 4.78 is 5.56. The van der Waals surface area contributed by atoms with Crippen molar-refractivity contribution in [1.82, 2.24) is 0 Å². The molecule has 0 aliphatic heterocycles. The molecule has 0 aliphatic rings. The zero-order chi connectivity index (χ0) is 16.2. The van der Waals surface area contributed by atoms with E-state index in [0.29, 0.717) is 16.8 Å². The number of carbonyl (C=O) groups is 2. The maximum absolute atomic E-state index is 12.4. The fraction of sp³-hybridized carbons (Fsp3) is 0.0556. The topological polar surface area (TPSA) is 83.1 Å². The van der Waals surface area contributed by atoms with Gasteiger partial charge in [0.25, 0.3) is 0 Å². The smallest absolute Gasteiger partial charge is 0.238 e. The maximum atomic E-state index is 12.4. The van der Waals surface area contributed by atoms with Crippen molar-refractivity contribution < 1.29 is 14.0 Å². The average molecular weight is 304 g/mol. The molecule has 0 spiro atoms. The number of ketones is 1. The fourth-order valence-electron chi connectivity index (χ4n) is 2.22. The lowest BCUT2D eigenvalue weighted by molar-refractivity contribution is -0.115. The number of hydrogen-bond donors (Lipinski definition) is 1. The molecule has 0 unspecified atom stereocenters. The predicted octanol–water partition coefficient (Wildman–Crippen LogP) is 3.52. The van der Waals surface area contributed by atoms with E-state index >= 15 is 0 Å². The molecule has 0 aliphatic carbocycles. The first-order chi connectivity index (χ1) is 11.2. The molecule has 1 heterocycles. The van der Waals surface area contributed by atoms with Crippen molar-refractivity contribution >= 4 is 28.3 Å². The van der Waals surface area contributed by atoms with Gasteiger partial charge in [0.2, 0.25) is 11.7 Å². The van der Waals surface area contributed by atoms with Crippen LogP contribution in [0, 0.1) is 11.3 Å². The van der Waals surface area contributed by atoms with Crippen molar-refractivity contribution in [3.8, 4) is 6.07 Å². The SMILES string of the molecule is N#CCC(=O)Nc1ccc(C(=O)c2cc3ccccc3o2)cc1. The quantitative estimate of drug-likeness (QED) is 0.747. The van der Waals surface area contributed by atoms with Crippen LogP contribution in [0.15, 0.2) is 59.0 Å². The summed E-state index contributed by atoms with van der Waals surface area (Å²) in [6, 6.07) is 17.3. The minimum absolute atomic E-state index is 0.209. The number of fused-ring (bicyclic) bond motifs is 1. The third-order valence-electron chi connectivity index (χ3n) is 3.32. The summed E-state index contributed by atoms with van der Waals surface area (Å²) in [5.74, 6) is -0.340. The molecule has 112 valence electrons. The molecule has 3 aromatic rings. The number of nitrogens with one attached hydrogen (secondary N) is 1. The van der Waals surface area contributed by atoms with E-state index in [0.717, 1.165) is 5.39 Å². The van der Waals surface area contributed by atoms with Crippen LogP contribution in [-0.4, -0.2) is 11.7 Å². The lowest BCUT2D eigenvalue weighted by Crippen LogP contribution is -2.10. The number of carbonyl (C=O) groups excluding carboxylic acids is 2. The third-order valence-corrected chi connectivity index (χ3v) is 3.32. The Morgan fingerprint density at radius 2 is 1.83 bits per heavy atom. The van der Waals surface area contributed by atoms with Gasteiger partial charge in [0.15, 0.2) is 5.76 Å². The third kappa shape index (κ3) is 3.11. The van der Waals surface area contributed by atoms with Gasteiger partial charge in [-0.3, -0.25) is 9.59 Å². The first-order valence-electron chi connectivity index (χ1n) is 6.97. The van der Waals surface area contributed by atoms with Crippen molar-refractivity contribution in [3.05, 3.63) is 65.9 Å². The molecule has 0 saturated carbocycles. The number of nitrogens with zero attached hydrogens (tertiary/aromatic N) is 1. The van der Waals surface area contributed by atoms with Gasteiger partial charge in [-0.25, -0.2) is 0 Å². The molecule has 0 radical (unpaired) electrons. The van der Waals surface area contributed by atoms with Crippen LogP contribution in [0.5, 0.6) is 0 Å². The summed E-state index contributed by atoms with van der Waals surface area (Å²) in [4.78, 5) is 23.8. The van der Waals surface area contributed by atoms with Gasteiger partial charge in [-0.1, -0.05) is 18.2 Å². The van der Waals surface area contributed by atoms with Crippen LogP contribution in [0.4, 0.5) is 5.69 Å². The molecule has 1 N–H and O–H groups in total. The van der Waals surface area contributed by atoms with E-state index in [1.54, 1.807) is 42.5 Å². The molecule has 5 nitrogen and oxygen atoms in total. The Labute approximate surface area is 132 Å². The van der Waals surface area contributed by atoms with Crippen molar-refractivity contribution in [3.63, 3.8) is 0 Å². The zero-order valence-corrected chi connectivity index (χ0v) is 12.1. The summed E-state index contributed by atoms with van der Waals surface area (Å²) in [5, 5.41) is 11.9. The number of hydrogen-bond acceptors (Lipinski definition) is 4. The first-order valence-corrected chi connectivity index (χ1v) is 6.97. The zero-order valence-electron chi connectivity index (χ0n) is 12.1. The molecule has 0 fully saturated rings.